The molecule has 0 spiro atoms. The van der Waals surface area contributed by atoms with Crippen LogP contribution in [0.25, 0.3) is 0 Å². The van der Waals surface area contributed by atoms with Crippen LogP contribution in [0.4, 0.5) is 0 Å². The van der Waals surface area contributed by atoms with Crippen molar-refractivity contribution >= 4 is 0 Å². The molecule has 106 valence electrons. The average molecular weight is 263 g/mol. The quantitative estimate of drug-likeness (QED) is 0.742. The Morgan fingerprint density at radius 3 is 3.11 bits per heavy atom. The summed E-state index contributed by atoms with van der Waals surface area (Å²) in [4.78, 5) is 0. The van der Waals surface area contributed by atoms with Gasteiger partial charge in [0, 0.05) is 19.3 Å². The number of hydrogen-bond donors (Lipinski definition) is 2. The molecule has 0 bridgehead atoms. The fourth-order valence-corrected chi connectivity index (χ4v) is 2.71. The van der Waals surface area contributed by atoms with Crippen molar-refractivity contribution in [3.8, 4) is 5.75 Å². The number of aryl methyl sites for hydroxylation is 1. The van der Waals surface area contributed by atoms with E-state index in [4.69, 9.17) is 4.74 Å². The van der Waals surface area contributed by atoms with Crippen molar-refractivity contribution in [1.82, 2.24) is 5.32 Å². The van der Waals surface area contributed by atoms with Gasteiger partial charge in [0.2, 0.25) is 0 Å². The van der Waals surface area contributed by atoms with Crippen molar-refractivity contribution in [1.29, 1.82) is 0 Å². The second kappa shape index (κ2) is 7.51. The molecule has 3 nitrogen and oxygen atoms in total. The van der Waals surface area contributed by atoms with Gasteiger partial charge in [-0.15, -0.1) is 0 Å². The summed E-state index contributed by atoms with van der Waals surface area (Å²) < 4.78 is 5.48. The molecule has 2 rings (SSSR count). The zero-order chi connectivity index (χ0) is 13.5. The number of aromatic hydroxyl groups is 1. The van der Waals surface area contributed by atoms with E-state index in [0.29, 0.717) is 11.8 Å². The van der Waals surface area contributed by atoms with Crippen molar-refractivity contribution < 1.29 is 9.84 Å². The lowest BCUT2D eigenvalue weighted by atomic mass is 9.87. The lowest BCUT2D eigenvalue weighted by molar-refractivity contribution is 0.131. The van der Waals surface area contributed by atoms with E-state index in [2.05, 4.69) is 18.3 Å². The molecule has 1 aromatic carbocycles. The van der Waals surface area contributed by atoms with Crippen molar-refractivity contribution in [2.45, 2.75) is 45.1 Å². The molecular weight excluding hydrogens is 238 g/mol. The molecule has 3 heteroatoms. The molecule has 1 aromatic rings. The van der Waals surface area contributed by atoms with E-state index in [-0.39, 0.29) is 0 Å². The van der Waals surface area contributed by atoms with Crippen LogP contribution in [0, 0.1) is 0 Å². The van der Waals surface area contributed by atoms with E-state index < -0.39 is 0 Å². The summed E-state index contributed by atoms with van der Waals surface area (Å²) in [5.74, 6) is 0.382. The summed E-state index contributed by atoms with van der Waals surface area (Å²) in [6.45, 7) is 4.84. The van der Waals surface area contributed by atoms with Gasteiger partial charge < -0.3 is 15.2 Å². The van der Waals surface area contributed by atoms with Gasteiger partial charge >= 0.3 is 0 Å². The molecule has 0 heterocycles. The lowest BCUT2D eigenvalue weighted by Crippen LogP contribution is -2.26. The smallest absolute Gasteiger partial charge is 0.115 e. The minimum absolute atomic E-state index is 0.382. The number of phenols is 1. The number of rotatable bonds is 7. The normalized spacial score (nSPS) is 18.3. The summed E-state index contributed by atoms with van der Waals surface area (Å²) in [7, 11) is 0. The number of fused-ring (bicyclic) bond motifs is 1. The molecule has 1 aliphatic rings. The molecule has 19 heavy (non-hydrogen) atoms. The van der Waals surface area contributed by atoms with Gasteiger partial charge in [0.05, 0.1) is 0 Å². The second-order valence-corrected chi connectivity index (χ2v) is 5.25. The van der Waals surface area contributed by atoms with Crippen LogP contribution >= 0.6 is 0 Å². The fraction of sp³-hybridized carbons (Fsp3) is 0.625. The highest BCUT2D eigenvalue weighted by molar-refractivity contribution is 5.38. The molecule has 1 aliphatic carbocycles. The number of ether oxygens (including phenoxy) is 1. The molecule has 1 unspecified atom stereocenters. The molecule has 2 N–H and O–H groups in total. The Hall–Kier alpha value is -1.06. The number of nitrogens with one attached hydrogen (secondary N) is 1. The van der Waals surface area contributed by atoms with E-state index in [1.54, 1.807) is 6.07 Å². The highest BCUT2D eigenvalue weighted by atomic mass is 16.5. The maximum atomic E-state index is 9.53. The van der Waals surface area contributed by atoms with Gasteiger partial charge in [-0.05, 0) is 61.9 Å². The Labute approximate surface area is 116 Å². The van der Waals surface area contributed by atoms with Crippen LogP contribution < -0.4 is 5.32 Å². The summed E-state index contributed by atoms with van der Waals surface area (Å²) >= 11 is 0. The average Bonchev–Trinajstić information content (AvgIpc) is 2.42. The SMILES string of the molecule is CCCOCCCNC1CCCc2cc(O)ccc21. The topological polar surface area (TPSA) is 41.5 Å². The minimum Gasteiger partial charge on any atom is -0.508 e. The standard InChI is InChI=1S/C16H25NO2/c1-2-10-19-11-4-9-17-16-6-3-5-13-12-14(18)7-8-15(13)16/h7-8,12,16-18H,2-6,9-11H2,1H3. The predicted octanol–water partition coefficient (Wildman–Crippen LogP) is 3.18. The van der Waals surface area contributed by atoms with E-state index >= 15 is 0 Å². The zero-order valence-electron chi connectivity index (χ0n) is 11.8. The maximum absolute atomic E-state index is 9.53. The molecular formula is C16H25NO2. The van der Waals surface area contributed by atoms with Gasteiger partial charge in [-0.25, -0.2) is 0 Å². The highest BCUT2D eigenvalue weighted by Gasteiger charge is 2.19. The first-order valence-corrected chi connectivity index (χ1v) is 7.44. The first-order valence-electron chi connectivity index (χ1n) is 7.44. The molecule has 0 radical (unpaired) electrons. The van der Waals surface area contributed by atoms with Crippen LogP contribution in [-0.4, -0.2) is 24.9 Å². The van der Waals surface area contributed by atoms with Gasteiger partial charge in [-0.1, -0.05) is 13.0 Å². The first kappa shape index (κ1) is 14.4. The highest BCUT2D eigenvalue weighted by Crippen LogP contribution is 2.31. The monoisotopic (exact) mass is 263 g/mol. The van der Waals surface area contributed by atoms with Crippen LogP contribution in [0.3, 0.4) is 0 Å². The molecule has 0 aliphatic heterocycles. The van der Waals surface area contributed by atoms with Crippen molar-refractivity contribution in [2.75, 3.05) is 19.8 Å². The molecule has 1 atom stereocenters. The molecule has 0 amide bonds. The number of phenolic OH excluding ortho intramolecular Hbond substituents is 1. The van der Waals surface area contributed by atoms with Crippen molar-refractivity contribution in [2.24, 2.45) is 0 Å². The van der Waals surface area contributed by atoms with Crippen molar-refractivity contribution in [3.05, 3.63) is 29.3 Å². The third-order valence-electron chi connectivity index (χ3n) is 3.65. The molecule has 0 aromatic heterocycles. The Kier molecular flexibility index (Phi) is 5.67. The Bertz CT molecular complexity index is 392. The Balaban J connectivity index is 1.79. The van der Waals surface area contributed by atoms with Crippen LogP contribution in [0.5, 0.6) is 5.75 Å². The largest absolute Gasteiger partial charge is 0.508 e. The molecule has 0 saturated carbocycles. The van der Waals surface area contributed by atoms with E-state index in [0.717, 1.165) is 39.0 Å². The second-order valence-electron chi connectivity index (χ2n) is 5.25. The number of hydrogen-bond acceptors (Lipinski definition) is 3. The van der Waals surface area contributed by atoms with Crippen LogP contribution in [0.2, 0.25) is 0 Å². The summed E-state index contributed by atoms with van der Waals surface area (Å²) in [5, 5.41) is 13.1. The Morgan fingerprint density at radius 1 is 1.37 bits per heavy atom. The summed E-state index contributed by atoms with van der Waals surface area (Å²) in [6.07, 6.45) is 5.62. The fourth-order valence-electron chi connectivity index (χ4n) is 2.71. The van der Waals surface area contributed by atoms with E-state index in [9.17, 15) is 5.11 Å². The maximum Gasteiger partial charge on any atom is 0.115 e. The van der Waals surface area contributed by atoms with Crippen molar-refractivity contribution in [3.63, 3.8) is 0 Å². The summed E-state index contributed by atoms with van der Waals surface area (Å²) in [6, 6.07) is 6.21. The molecule has 0 saturated heterocycles. The van der Waals surface area contributed by atoms with Crippen LogP contribution in [0.15, 0.2) is 18.2 Å². The summed E-state index contributed by atoms with van der Waals surface area (Å²) in [5.41, 5.74) is 2.66. The van der Waals surface area contributed by atoms with Gasteiger partial charge in [0.25, 0.3) is 0 Å². The third-order valence-corrected chi connectivity index (χ3v) is 3.65. The van der Waals surface area contributed by atoms with Gasteiger partial charge in [-0.3, -0.25) is 0 Å². The Morgan fingerprint density at radius 2 is 2.26 bits per heavy atom. The van der Waals surface area contributed by atoms with Crippen LogP contribution in [-0.2, 0) is 11.2 Å². The number of benzene rings is 1. The third kappa shape index (κ3) is 4.22. The first-order chi connectivity index (χ1) is 9.31. The van der Waals surface area contributed by atoms with E-state index in [1.165, 1.54) is 24.0 Å². The van der Waals surface area contributed by atoms with Gasteiger partial charge in [0.1, 0.15) is 5.75 Å². The minimum atomic E-state index is 0.382. The zero-order valence-corrected chi connectivity index (χ0v) is 11.8. The molecule has 0 fully saturated rings. The van der Waals surface area contributed by atoms with Gasteiger partial charge in [0.15, 0.2) is 0 Å². The van der Waals surface area contributed by atoms with Gasteiger partial charge in [-0.2, -0.15) is 0 Å². The predicted molar refractivity (Wildman–Crippen MR) is 77.5 cm³/mol. The van der Waals surface area contributed by atoms with E-state index in [1.807, 2.05) is 6.07 Å². The lowest BCUT2D eigenvalue weighted by Gasteiger charge is -2.26. The van der Waals surface area contributed by atoms with Crippen LogP contribution in [0.1, 0.15) is 49.8 Å².